The van der Waals surface area contributed by atoms with Gasteiger partial charge in [0.25, 0.3) is 0 Å². The number of rotatable bonds is 7. The summed E-state index contributed by atoms with van der Waals surface area (Å²) < 4.78 is 21.8. The molecule has 6 nitrogen and oxygen atoms in total. The van der Waals surface area contributed by atoms with E-state index < -0.39 is 11.1 Å². The molecule has 0 radical (unpaired) electrons. The van der Waals surface area contributed by atoms with E-state index in [4.69, 9.17) is 10.8 Å². The molecule has 0 amide bonds. The van der Waals surface area contributed by atoms with Crippen molar-refractivity contribution in [2.45, 2.75) is 38.1 Å². The largest absolute Gasteiger partial charge is 0.772 e. The molecule has 0 saturated heterocycles. The number of nitrogens with zero attached hydrogens (tertiary/aromatic N) is 2. The number of benzene rings is 2. The van der Waals surface area contributed by atoms with Crippen LogP contribution >= 0.6 is 0 Å². The molecule has 148 valence electrons. The standard InChI is InChI=1S/C21H25N3O3S/c1-2-17-11-20(13-25)24(12-15-5-9-19(22)10-6-15)23-21(17)18-7-3-16(4-8-18)14-28(26)27/h3-10,13,17,20H,2,11-12,14,22H2,1H3,(H,26,27)/p-1. The van der Waals surface area contributed by atoms with Crippen molar-refractivity contribution in [1.29, 1.82) is 0 Å². The summed E-state index contributed by atoms with van der Waals surface area (Å²) in [5.74, 6) is 0.179. The van der Waals surface area contributed by atoms with Crippen molar-refractivity contribution >= 4 is 28.8 Å². The van der Waals surface area contributed by atoms with Gasteiger partial charge in [0.15, 0.2) is 0 Å². The quantitative estimate of drug-likeness (QED) is 0.439. The molecular weight excluding hydrogens is 374 g/mol. The Bertz CT molecular complexity index is 865. The van der Waals surface area contributed by atoms with E-state index in [0.29, 0.717) is 18.7 Å². The van der Waals surface area contributed by atoms with E-state index in [-0.39, 0.29) is 17.7 Å². The Hall–Kier alpha value is -2.51. The van der Waals surface area contributed by atoms with E-state index >= 15 is 0 Å². The van der Waals surface area contributed by atoms with Crippen molar-refractivity contribution in [3.63, 3.8) is 0 Å². The molecule has 2 N–H and O–H groups in total. The van der Waals surface area contributed by atoms with Gasteiger partial charge in [-0.1, -0.05) is 54.4 Å². The Morgan fingerprint density at radius 2 is 1.82 bits per heavy atom. The highest BCUT2D eigenvalue weighted by Gasteiger charge is 2.30. The fourth-order valence-corrected chi connectivity index (χ4v) is 3.93. The zero-order chi connectivity index (χ0) is 20.1. The van der Waals surface area contributed by atoms with Crippen molar-refractivity contribution in [1.82, 2.24) is 5.01 Å². The Balaban J connectivity index is 1.89. The van der Waals surface area contributed by atoms with Gasteiger partial charge in [0.1, 0.15) is 12.3 Å². The summed E-state index contributed by atoms with van der Waals surface area (Å²) in [7, 11) is 0. The monoisotopic (exact) mass is 398 g/mol. The predicted octanol–water partition coefficient (Wildman–Crippen LogP) is 2.85. The Morgan fingerprint density at radius 1 is 1.18 bits per heavy atom. The van der Waals surface area contributed by atoms with E-state index in [1.54, 1.807) is 0 Å². The number of nitrogens with two attached hydrogens (primary N) is 1. The van der Waals surface area contributed by atoms with E-state index in [1.807, 2.05) is 53.5 Å². The molecule has 0 aromatic heterocycles. The molecule has 0 saturated carbocycles. The number of nitrogen functional groups attached to an aromatic ring is 1. The van der Waals surface area contributed by atoms with Crippen LogP contribution in [0.3, 0.4) is 0 Å². The molecule has 2 aromatic rings. The van der Waals surface area contributed by atoms with Gasteiger partial charge in [0, 0.05) is 17.4 Å². The lowest BCUT2D eigenvalue weighted by Crippen LogP contribution is -2.41. The number of hydrogen-bond acceptors (Lipinski definition) is 6. The first-order valence-electron chi connectivity index (χ1n) is 9.30. The summed E-state index contributed by atoms with van der Waals surface area (Å²) in [6, 6.07) is 14.7. The summed E-state index contributed by atoms with van der Waals surface area (Å²) in [5.41, 5.74) is 10.1. The van der Waals surface area contributed by atoms with Crippen molar-refractivity contribution in [3.8, 4) is 0 Å². The number of aldehydes is 1. The SMILES string of the molecule is CCC1CC(C=O)N(Cc2ccc(N)cc2)N=C1c1ccc(CS(=O)[O-])cc1. The van der Waals surface area contributed by atoms with Gasteiger partial charge < -0.3 is 15.1 Å². The van der Waals surface area contributed by atoms with Crippen LogP contribution in [0.25, 0.3) is 0 Å². The second kappa shape index (κ2) is 9.12. The third kappa shape index (κ3) is 4.85. The molecule has 2 aromatic carbocycles. The number of anilines is 1. The minimum Gasteiger partial charge on any atom is -0.772 e. The number of carbonyl (C=O) groups is 1. The van der Waals surface area contributed by atoms with Crippen LogP contribution in [0.15, 0.2) is 53.6 Å². The van der Waals surface area contributed by atoms with E-state index in [9.17, 15) is 13.6 Å². The zero-order valence-electron chi connectivity index (χ0n) is 15.8. The van der Waals surface area contributed by atoms with Gasteiger partial charge in [-0.3, -0.25) is 9.22 Å². The molecule has 0 aliphatic carbocycles. The van der Waals surface area contributed by atoms with Gasteiger partial charge in [0.05, 0.1) is 12.3 Å². The van der Waals surface area contributed by atoms with Crippen molar-refractivity contribution in [3.05, 3.63) is 65.2 Å². The van der Waals surface area contributed by atoms with Gasteiger partial charge >= 0.3 is 0 Å². The summed E-state index contributed by atoms with van der Waals surface area (Å²) in [6.07, 6.45) is 2.55. The van der Waals surface area contributed by atoms with Gasteiger partial charge in [-0.05, 0) is 41.7 Å². The molecule has 1 aliphatic rings. The minimum atomic E-state index is -2.11. The zero-order valence-corrected chi connectivity index (χ0v) is 16.6. The maximum Gasteiger partial charge on any atom is 0.144 e. The van der Waals surface area contributed by atoms with E-state index in [0.717, 1.165) is 35.1 Å². The molecule has 0 fully saturated rings. The van der Waals surface area contributed by atoms with Crippen LogP contribution in [0.2, 0.25) is 0 Å². The Morgan fingerprint density at radius 3 is 2.39 bits per heavy atom. The Labute approximate surface area is 167 Å². The van der Waals surface area contributed by atoms with Crippen LogP contribution in [0, 0.1) is 5.92 Å². The number of hydrazone groups is 1. The summed E-state index contributed by atoms with van der Waals surface area (Å²) in [5, 5.41) is 6.66. The smallest absolute Gasteiger partial charge is 0.144 e. The maximum absolute atomic E-state index is 11.7. The molecular formula is C21H24N3O3S-. The van der Waals surface area contributed by atoms with Crippen LogP contribution in [0.5, 0.6) is 0 Å². The third-order valence-electron chi connectivity index (χ3n) is 5.04. The molecule has 3 rings (SSSR count). The molecule has 1 heterocycles. The first-order valence-corrected chi connectivity index (χ1v) is 10.5. The van der Waals surface area contributed by atoms with Crippen LogP contribution < -0.4 is 5.73 Å². The molecule has 1 aliphatic heterocycles. The summed E-state index contributed by atoms with van der Waals surface area (Å²) in [6.45, 7) is 2.61. The average Bonchev–Trinajstić information content (AvgIpc) is 2.69. The van der Waals surface area contributed by atoms with Gasteiger partial charge in [-0.2, -0.15) is 5.10 Å². The first-order chi connectivity index (χ1) is 13.5. The summed E-state index contributed by atoms with van der Waals surface area (Å²) >= 11 is -2.11. The normalized spacial score (nSPS) is 20.5. The van der Waals surface area contributed by atoms with Crippen molar-refractivity contribution in [2.24, 2.45) is 11.0 Å². The first kappa shape index (κ1) is 20.2. The number of hydrogen-bond donors (Lipinski definition) is 1. The van der Waals surface area contributed by atoms with Crippen LogP contribution in [0.1, 0.15) is 36.5 Å². The van der Waals surface area contributed by atoms with E-state index in [1.165, 1.54) is 0 Å². The van der Waals surface area contributed by atoms with Crippen molar-refractivity contribution in [2.75, 3.05) is 5.73 Å². The molecule has 0 spiro atoms. The lowest BCUT2D eigenvalue weighted by molar-refractivity contribution is -0.113. The predicted molar refractivity (Wildman–Crippen MR) is 110 cm³/mol. The third-order valence-corrected chi connectivity index (χ3v) is 5.61. The minimum absolute atomic E-state index is 0.000438. The van der Waals surface area contributed by atoms with Crippen LogP contribution in [-0.4, -0.2) is 31.8 Å². The molecule has 3 unspecified atom stereocenters. The Kier molecular flexibility index (Phi) is 6.59. The summed E-state index contributed by atoms with van der Waals surface area (Å²) in [4.78, 5) is 11.7. The average molecular weight is 399 g/mol. The van der Waals surface area contributed by atoms with Crippen molar-refractivity contribution < 1.29 is 13.6 Å². The van der Waals surface area contributed by atoms with Gasteiger partial charge in [-0.15, -0.1) is 0 Å². The second-order valence-electron chi connectivity index (χ2n) is 7.01. The topological polar surface area (TPSA) is 98.8 Å². The van der Waals surface area contributed by atoms with Crippen LogP contribution in [0.4, 0.5) is 5.69 Å². The highest BCUT2D eigenvalue weighted by atomic mass is 32.2. The highest BCUT2D eigenvalue weighted by molar-refractivity contribution is 7.78. The molecule has 3 atom stereocenters. The molecule has 7 heteroatoms. The second-order valence-corrected chi connectivity index (χ2v) is 7.91. The molecule has 0 bridgehead atoms. The highest BCUT2D eigenvalue weighted by Crippen LogP contribution is 2.28. The van der Waals surface area contributed by atoms with E-state index in [2.05, 4.69) is 6.92 Å². The lowest BCUT2D eigenvalue weighted by atomic mass is 9.87. The van der Waals surface area contributed by atoms with Gasteiger partial charge in [0.2, 0.25) is 0 Å². The lowest BCUT2D eigenvalue weighted by Gasteiger charge is -2.35. The fourth-order valence-electron chi connectivity index (χ4n) is 3.47. The molecule has 28 heavy (non-hydrogen) atoms. The fraction of sp³-hybridized carbons (Fsp3) is 0.333. The number of carbonyl (C=O) groups excluding carboxylic acids is 1. The maximum atomic E-state index is 11.7. The van der Waals surface area contributed by atoms with Crippen LogP contribution in [-0.2, 0) is 28.2 Å². The van der Waals surface area contributed by atoms with Gasteiger partial charge in [-0.25, -0.2) is 0 Å².